The highest BCUT2D eigenvalue weighted by Crippen LogP contribution is 2.11. The van der Waals surface area contributed by atoms with Crippen molar-refractivity contribution in [3.8, 4) is 0 Å². The van der Waals surface area contributed by atoms with Crippen molar-refractivity contribution in [2.45, 2.75) is 51.4 Å². The van der Waals surface area contributed by atoms with Crippen molar-refractivity contribution in [1.29, 1.82) is 0 Å². The van der Waals surface area contributed by atoms with Crippen LogP contribution in [0.15, 0.2) is 0 Å². The third-order valence-electron chi connectivity index (χ3n) is 2.38. The van der Waals surface area contributed by atoms with Crippen LogP contribution in [-0.2, 0) is 0 Å². The van der Waals surface area contributed by atoms with Gasteiger partial charge in [-0.15, -0.1) is 0 Å². The summed E-state index contributed by atoms with van der Waals surface area (Å²) in [5, 5.41) is 0. The molecule has 1 aliphatic heterocycles. The average molecular weight is 187 g/mol. The van der Waals surface area contributed by atoms with Crippen LogP contribution in [-0.4, -0.2) is 12.3 Å². The monoisotopic (exact) mass is 187 g/mol. The van der Waals surface area contributed by atoms with E-state index in [-0.39, 0.29) is 0 Å². The third-order valence-corrected chi connectivity index (χ3v) is 3.28. The van der Waals surface area contributed by atoms with Crippen molar-refractivity contribution in [3.05, 3.63) is 0 Å². The Kier molecular flexibility index (Phi) is 6.87. The Balaban J connectivity index is 2.00. The molecule has 2 heteroatoms. The van der Waals surface area contributed by atoms with Crippen LogP contribution in [0.3, 0.4) is 0 Å². The van der Waals surface area contributed by atoms with Gasteiger partial charge in [0.25, 0.3) is 0 Å². The van der Waals surface area contributed by atoms with E-state index >= 15 is 0 Å². The van der Waals surface area contributed by atoms with E-state index in [1.165, 1.54) is 63.7 Å². The predicted octanol–water partition coefficient (Wildman–Crippen LogP) is 3.36. The summed E-state index contributed by atoms with van der Waals surface area (Å²) in [5.74, 6) is 1.31. The van der Waals surface area contributed by atoms with Gasteiger partial charge >= 0.3 is 0 Å². The molecule has 1 heterocycles. The number of rotatable bonds is 0. The van der Waals surface area contributed by atoms with Crippen LogP contribution in [0, 0.1) is 0 Å². The van der Waals surface area contributed by atoms with E-state index in [1.54, 1.807) is 0 Å². The molecule has 0 spiro atoms. The maximum absolute atomic E-state index is 3.42. The zero-order valence-electron chi connectivity index (χ0n) is 7.98. The predicted molar refractivity (Wildman–Crippen MR) is 57.4 cm³/mol. The summed E-state index contributed by atoms with van der Waals surface area (Å²) in [6.45, 7) is 1.21. The van der Waals surface area contributed by atoms with Gasteiger partial charge in [0.05, 0.1) is 0 Å². The molecular formula is C10H21NS. The number of hydrogen-bond acceptors (Lipinski definition) is 2. The zero-order valence-corrected chi connectivity index (χ0v) is 8.80. The van der Waals surface area contributed by atoms with Crippen molar-refractivity contribution in [3.63, 3.8) is 0 Å². The first-order valence-electron chi connectivity index (χ1n) is 5.35. The van der Waals surface area contributed by atoms with Gasteiger partial charge in [-0.05, 0) is 12.8 Å². The Bertz CT molecular complexity index is 52.8. The van der Waals surface area contributed by atoms with Crippen LogP contribution in [0.25, 0.3) is 0 Å². The molecule has 1 fully saturated rings. The molecule has 1 N–H and O–H groups in total. The quantitative estimate of drug-likeness (QED) is 0.584. The largest absolute Gasteiger partial charge is 0.264 e. The highest BCUT2D eigenvalue weighted by molar-refractivity contribution is 7.97. The minimum Gasteiger partial charge on any atom is -0.264 e. The van der Waals surface area contributed by atoms with Crippen molar-refractivity contribution < 1.29 is 0 Å². The maximum Gasteiger partial charge on any atom is 0.00786 e. The summed E-state index contributed by atoms with van der Waals surface area (Å²) in [4.78, 5) is 0. The molecule has 0 aromatic carbocycles. The van der Waals surface area contributed by atoms with Gasteiger partial charge in [-0.2, -0.15) is 0 Å². The second-order valence-electron chi connectivity index (χ2n) is 3.57. The second kappa shape index (κ2) is 7.93. The summed E-state index contributed by atoms with van der Waals surface area (Å²) in [6, 6.07) is 0. The lowest BCUT2D eigenvalue weighted by Gasteiger charge is -2.06. The molecule has 0 radical (unpaired) electrons. The van der Waals surface area contributed by atoms with Gasteiger partial charge in [0, 0.05) is 12.3 Å². The Hall–Kier alpha value is 0.310. The minimum atomic E-state index is 1.21. The van der Waals surface area contributed by atoms with Crippen LogP contribution in [0.2, 0.25) is 0 Å². The molecule has 1 saturated heterocycles. The van der Waals surface area contributed by atoms with E-state index in [0.29, 0.717) is 0 Å². The fourth-order valence-corrected chi connectivity index (χ4v) is 2.36. The Morgan fingerprint density at radius 3 is 2.00 bits per heavy atom. The first-order chi connectivity index (χ1) is 6.00. The van der Waals surface area contributed by atoms with Crippen LogP contribution in [0.1, 0.15) is 51.4 Å². The lowest BCUT2D eigenvalue weighted by atomic mass is 10.1. The summed E-state index contributed by atoms with van der Waals surface area (Å²) < 4.78 is 3.42. The van der Waals surface area contributed by atoms with Crippen molar-refractivity contribution in [2.75, 3.05) is 12.3 Å². The van der Waals surface area contributed by atoms with E-state index in [4.69, 9.17) is 0 Å². The summed E-state index contributed by atoms with van der Waals surface area (Å²) >= 11 is 1.92. The molecular weight excluding hydrogens is 166 g/mol. The summed E-state index contributed by atoms with van der Waals surface area (Å²) in [7, 11) is 0. The van der Waals surface area contributed by atoms with Crippen molar-refractivity contribution >= 4 is 11.9 Å². The maximum atomic E-state index is 3.42. The Labute approximate surface area is 80.8 Å². The molecule has 1 nitrogen and oxygen atoms in total. The lowest BCUT2D eigenvalue weighted by molar-refractivity contribution is 0.572. The van der Waals surface area contributed by atoms with E-state index in [0.717, 1.165) is 0 Å². The molecule has 0 aliphatic carbocycles. The molecule has 72 valence electrons. The molecule has 0 bridgehead atoms. The molecule has 0 aromatic heterocycles. The Morgan fingerprint density at radius 1 is 0.667 bits per heavy atom. The second-order valence-corrected chi connectivity index (χ2v) is 4.56. The van der Waals surface area contributed by atoms with Crippen LogP contribution < -0.4 is 4.72 Å². The molecule has 1 aliphatic rings. The molecule has 12 heavy (non-hydrogen) atoms. The van der Waals surface area contributed by atoms with Gasteiger partial charge in [-0.1, -0.05) is 50.5 Å². The van der Waals surface area contributed by atoms with E-state index in [1.807, 2.05) is 11.9 Å². The van der Waals surface area contributed by atoms with Gasteiger partial charge in [0.15, 0.2) is 0 Å². The van der Waals surface area contributed by atoms with Crippen LogP contribution in [0.5, 0.6) is 0 Å². The zero-order chi connectivity index (χ0) is 8.49. The van der Waals surface area contributed by atoms with Gasteiger partial charge in [0.2, 0.25) is 0 Å². The Morgan fingerprint density at radius 2 is 1.25 bits per heavy atom. The standard InChI is InChI=1S/C10H21NS/c1-2-4-6-8-10-12-11-9-7-5-3-1/h11H,1-10H2. The average Bonchev–Trinajstić information content (AvgIpc) is 2.05. The van der Waals surface area contributed by atoms with E-state index in [2.05, 4.69) is 4.72 Å². The van der Waals surface area contributed by atoms with E-state index < -0.39 is 0 Å². The normalized spacial score (nSPS) is 24.0. The third kappa shape index (κ3) is 5.90. The first kappa shape index (κ1) is 10.4. The van der Waals surface area contributed by atoms with Gasteiger partial charge in [-0.3, -0.25) is 4.72 Å². The molecule has 0 aromatic rings. The topological polar surface area (TPSA) is 12.0 Å². The summed E-state index contributed by atoms with van der Waals surface area (Å²) in [6.07, 6.45) is 11.5. The first-order valence-corrected chi connectivity index (χ1v) is 6.33. The van der Waals surface area contributed by atoms with Crippen LogP contribution >= 0.6 is 11.9 Å². The summed E-state index contributed by atoms with van der Waals surface area (Å²) in [5.41, 5.74) is 0. The SMILES string of the molecule is C1CCCCCSNCCCC1. The highest BCUT2D eigenvalue weighted by Gasteiger charge is 1.95. The van der Waals surface area contributed by atoms with Gasteiger partial charge in [0.1, 0.15) is 0 Å². The molecule has 0 unspecified atom stereocenters. The van der Waals surface area contributed by atoms with E-state index in [9.17, 15) is 0 Å². The number of nitrogens with one attached hydrogen (secondary N) is 1. The molecule has 0 saturated carbocycles. The lowest BCUT2D eigenvalue weighted by Crippen LogP contribution is -2.06. The van der Waals surface area contributed by atoms with Crippen molar-refractivity contribution in [2.24, 2.45) is 0 Å². The van der Waals surface area contributed by atoms with Gasteiger partial charge in [-0.25, -0.2) is 0 Å². The molecule has 1 rings (SSSR count). The van der Waals surface area contributed by atoms with Gasteiger partial charge < -0.3 is 0 Å². The molecule has 0 amide bonds. The smallest absolute Gasteiger partial charge is 0.00786 e. The molecule has 0 atom stereocenters. The minimum absolute atomic E-state index is 1.21. The number of hydrogen-bond donors (Lipinski definition) is 1. The highest BCUT2D eigenvalue weighted by atomic mass is 32.2. The van der Waals surface area contributed by atoms with Crippen molar-refractivity contribution in [1.82, 2.24) is 4.72 Å². The fraction of sp³-hybridized carbons (Fsp3) is 1.00. The van der Waals surface area contributed by atoms with Crippen LogP contribution in [0.4, 0.5) is 0 Å². The fourth-order valence-electron chi connectivity index (χ4n) is 1.58.